The van der Waals surface area contributed by atoms with Crippen LogP contribution in [0.15, 0.2) is 42.7 Å². The standard InChI is InChI=1S/C13H12FNO2/c1-17-12-6-10(7-15-8-12)13(16)9-2-4-11(14)5-3-9/h2-8,13,16H,1H3. The SMILES string of the molecule is COc1cncc(C(O)c2ccc(F)cc2)c1. The van der Waals surface area contributed by atoms with Crippen LogP contribution in [0.1, 0.15) is 17.2 Å². The highest BCUT2D eigenvalue weighted by Crippen LogP contribution is 2.23. The molecule has 0 radical (unpaired) electrons. The molecule has 2 rings (SSSR count). The molecule has 88 valence electrons. The van der Waals surface area contributed by atoms with E-state index in [9.17, 15) is 9.50 Å². The largest absolute Gasteiger partial charge is 0.495 e. The molecule has 0 saturated heterocycles. The number of aliphatic hydroxyl groups excluding tert-OH is 1. The smallest absolute Gasteiger partial charge is 0.137 e. The minimum absolute atomic E-state index is 0.329. The van der Waals surface area contributed by atoms with Crippen molar-refractivity contribution >= 4 is 0 Å². The minimum Gasteiger partial charge on any atom is -0.495 e. The summed E-state index contributed by atoms with van der Waals surface area (Å²) in [7, 11) is 1.53. The number of nitrogens with zero attached hydrogens (tertiary/aromatic N) is 1. The monoisotopic (exact) mass is 233 g/mol. The topological polar surface area (TPSA) is 42.4 Å². The summed E-state index contributed by atoms with van der Waals surface area (Å²) in [6.07, 6.45) is 2.27. The van der Waals surface area contributed by atoms with Gasteiger partial charge in [0, 0.05) is 11.8 Å². The summed E-state index contributed by atoms with van der Waals surface area (Å²) in [6, 6.07) is 7.40. The number of aliphatic hydroxyl groups is 1. The third kappa shape index (κ3) is 2.60. The van der Waals surface area contributed by atoms with Crippen LogP contribution in [0.5, 0.6) is 5.75 Å². The fourth-order valence-electron chi connectivity index (χ4n) is 1.53. The highest BCUT2D eigenvalue weighted by Gasteiger charge is 2.11. The van der Waals surface area contributed by atoms with Crippen LogP contribution in [0.3, 0.4) is 0 Å². The van der Waals surface area contributed by atoms with Crippen LogP contribution >= 0.6 is 0 Å². The van der Waals surface area contributed by atoms with E-state index in [1.165, 1.54) is 19.2 Å². The minimum atomic E-state index is -0.835. The third-order valence-corrected chi connectivity index (χ3v) is 2.47. The second-order valence-corrected chi connectivity index (χ2v) is 3.61. The quantitative estimate of drug-likeness (QED) is 0.884. The first-order valence-electron chi connectivity index (χ1n) is 5.13. The zero-order valence-corrected chi connectivity index (χ0v) is 9.30. The highest BCUT2D eigenvalue weighted by molar-refractivity contribution is 5.32. The summed E-state index contributed by atoms with van der Waals surface area (Å²) in [5, 5.41) is 10.1. The zero-order valence-electron chi connectivity index (χ0n) is 9.30. The first-order chi connectivity index (χ1) is 8.20. The summed E-state index contributed by atoms with van der Waals surface area (Å²) < 4.78 is 17.8. The highest BCUT2D eigenvalue weighted by atomic mass is 19.1. The molecule has 0 amide bonds. The molecule has 0 spiro atoms. The lowest BCUT2D eigenvalue weighted by atomic mass is 10.0. The molecule has 4 heteroatoms. The third-order valence-electron chi connectivity index (χ3n) is 2.47. The van der Waals surface area contributed by atoms with Crippen molar-refractivity contribution in [2.24, 2.45) is 0 Å². The molecule has 0 aliphatic carbocycles. The number of aromatic nitrogens is 1. The zero-order chi connectivity index (χ0) is 12.3. The van der Waals surface area contributed by atoms with E-state index in [1.807, 2.05) is 0 Å². The Bertz CT molecular complexity index is 499. The summed E-state index contributed by atoms with van der Waals surface area (Å²) in [4.78, 5) is 3.96. The number of ether oxygens (including phenoxy) is 1. The Balaban J connectivity index is 2.29. The van der Waals surface area contributed by atoms with E-state index in [0.29, 0.717) is 16.9 Å². The van der Waals surface area contributed by atoms with Gasteiger partial charge in [0.2, 0.25) is 0 Å². The molecule has 1 aromatic carbocycles. The molecule has 1 atom stereocenters. The van der Waals surface area contributed by atoms with E-state index in [-0.39, 0.29) is 5.82 Å². The molecule has 1 unspecified atom stereocenters. The Morgan fingerprint density at radius 2 is 1.88 bits per heavy atom. The van der Waals surface area contributed by atoms with Crippen molar-refractivity contribution in [1.82, 2.24) is 4.98 Å². The number of halogens is 1. The normalized spacial score (nSPS) is 12.2. The second-order valence-electron chi connectivity index (χ2n) is 3.61. The maximum absolute atomic E-state index is 12.8. The van der Waals surface area contributed by atoms with Crippen LogP contribution in [0, 0.1) is 5.82 Å². The van der Waals surface area contributed by atoms with E-state index in [1.54, 1.807) is 30.6 Å². The lowest BCUT2D eigenvalue weighted by molar-refractivity contribution is 0.219. The molecule has 1 N–H and O–H groups in total. The number of pyridine rings is 1. The van der Waals surface area contributed by atoms with Crippen molar-refractivity contribution in [1.29, 1.82) is 0 Å². The average molecular weight is 233 g/mol. The van der Waals surface area contributed by atoms with E-state index in [2.05, 4.69) is 4.98 Å². The summed E-state index contributed by atoms with van der Waals surface area (Å²) in [6.45, 7) is 0. The Labute approximate surface area is 98.5 Å². The molecule has 0 fully saturated rings. The predicted molar refractivity (Wildman–Crippen MR) is 61.3 cm³/mol. The number of rotatable bonds is 3. The summed E-state index contributed by atoms with van der Waals surface area (Å²) in [5.41, 5.74) is 1.22. The lowest BCUT2D eigenvalue weighted by Crippen LogP contribution is -2.00. The second kappa shape index (κ2) is 4.93. The molecular weight excluding hydrogens is 221 g/mol. The van der Waals surface area contributed by atoms with Crippen molar-refractivity contribution in [3.05, 3.63) is 59.7 Å². The van der Waals surface area contributed by atoms with Gasteiger partial charge in [0.15, 0.2) is 0 Å². The molecule has 3 nitrogen and oxygen atoms in total. The maximum Gasteiger partial charge on any atom is 0.137 e. The maximum atomic E-state index is 12.8. The van der Waals surface area contributed by atoms with E-state index in [4.69, 9.17) is 4.74 Å². The van der Waals surface area contributed by atoms with Gasteiger partial charge in [-0.15, -0.1) is 0 Å². The van der Waals surface area contributed by atoms with E-state index in [0.717, 1.165) is 0 Å². The van der Waals surface area contributed by atoms with Crippen molar-refractivity contribution in [3.63, 3.8) is 0 Å². The molecule has 1 heterocycles. The fraction of sp³-hybridized carbons (Fsp3) is 0.154. The van der Waals surface area contributed by atoms with Gasteiger partial charge in [-0.1, -0.05) is 12.1 Å². The van der Waals surface area contributed by atoms with Gasteiger partial charge in [0.1, 0.15) is 17.7 Å². The first kappa shape index (κ1) is 11.5. The molecule has 0 aliphatic heterocycles. The predicted octanol–water partition coefficient (Wildman–Crippen LogP) is 2.31. The van der Waals surface area contributed by atoms with Crippen LogP contribution in [-0.2, 0) is 0 Å². The summed E-state index contributed by atoms with van der Waals surface area (Å²) >= 11 is 0. The van der Waals surface area contributed by atoms with Crippen molar-refractivity contribution in [2.75, 3.05) is 7.11 Å². The molecule has 0 aliphatic rings. The Morgan fingerprint density at radius 1 is 1.18 bits per heavy atom. The van der Waals surface area contributed by atoms with Crippen LogP contribution in [0.25, 0.3) is 0 Å². The molecule has 1 aromatic heterocycles. The number of methoxy groups -OCH3 is 1. The molecule has 0 saturated carbocycles. The van der Waals surface area contributed by atoms with E-state index < -0.39 is 6.10 Å². The van der Waals surface area contributed by atoms with Gasteiger partial charge in [-0.3, -0.25) is 4.98 Å². The van der Waals surface area contributed by atoms with Crippen molar-refractivity contribution in [3.8, 4) is 5.75 Å². The molecular formula is C13H12FNO2. The van der Waals surface area contributed by atoms with Gasteiger partial charge in [-0.25, -0.2) is 4.39 Å². The Morgan fingerprint density at radius 3 is 2.53 bits per heavy atom. The van der Waals surface area contributed by atoms with Gasteiger partial charge in [-0.05, 0) is 23.8 Å². The van der Waals surface area contributed by atoms with Gasteiger partial charge in [-0.2, -0.15) is 0 Å². The molecule has 2 aromatic rings. The fourth-order valence-corrected chi connectivity index (χ4v) is 1.53. The van der Waals surface area contributed by atoms with Crippen LogP contribution in [0.4, 0.5) is 4.39 Å². The van der Waals surface area contributed by atoms with Gasteiger partial charge in [0.25, 0.3) is 0 Å². The Kier molecular flexibility index (Phi) is 3.35. The first-order valence-corrected chi connectivity index (χ1v) is 5.13. The van der Waals surface area contributed by atoms with Gasteiger partial charge < -0.3 is 9.84 Å². The van der Waals surface area contributed by atoms with Crippen LogP contribution in [0.2, 0.25) is 0 Å². The van der Waals surface area contributed by atoms with Crippen LogP contribution < -0.4 is 4.74 Å². The average Bonchev–Trinajstić information content (AvgIpc) is 2.39. The van der Waals surface area contributed by atoms with E-state index >= 15 is 0 Å². The lowest BCUT2D eigenvalue weighted by Gasteiger charge is -2.11. The Hall–Kier alpha value is -1.94. The molecule has 0 bridgehead atoms. The van der Waals surface area contributed by atoms with Crippen LogP contribution in [-0.4, -0.2) is 17.2 Å². The molecule has 17 heavy (non-hydrogen) atoms. The van der Waals surface area contributed by atoms with Crippen molar-refractivity contribution < 1.29 is 14.2 Å². The van der Waals surface area contributed by atoms with Gasteiger partial charge in [0.05, 0.1) is 13.3 Å². The number of benzene rings is 1. The summed E-state index contributed by atoms with van der Waals surface area (Å²) in [5.74, 6) is 0.244. The van der Waals surface area contributed by atoms with Crippen molar-refractivity contribution in [2.45, 2.75) is 6.10 Å². The van der Waals surface area contributed by atoms with Gasteiger partial charge >= 0.3 is 0 Å². The number of hydrogen-bond donors (Lipinski definition) is 1. The number of hydrogen-bond acceptors (Lipinski definition) is 3.